The molecule has 20 heavy (non-hydrogen) atoms. The summed E-state index contributed by atoms with van der Waals surface area (Å²) in [7, 11) is 0. The Morgan fingerprint density at radius 1 is 1.35 bits per heavy atom. The molecule has 1 saturated heterocycles. The van der Waals surface area contributed by atoms with E-state index in [1.54, 1.807) is 11.3 Å². The first-order chi connectivity index (χ1) is 9.84. The van der Waals surface area contributed by atoms with E-state index in [2.05, 4.69) is 21.3 Å². The number of morpholine rings is 1. The first kappa shape index (κ1) is 13.6. The van der Waals surface area contributed by atoms with Gasteiger partial charge >= 0.3 is 0 Å². The Hall–Kier alpha value is -1.37. The van der Waals surface area contributed by atoms with Gasteiger partial charge in [-0.25, -0.2) is 4.98 Å². The lowest BCUT2D eigenvalue weighted by atomic mass is 10.2. The average Bonchev–Trinajstić information content (AvgIpc) is 2.96. The number of nitrogens with one attached hydrogen (secondary N) is 1. The Labute approximate surface area is 122 Å². The fourth-order valence-electron chi connectivity index (χ4n) is 2.46. The van der Waals surface area contributed by atoms with Crippen molar-refractivity contribution in [1.29, 1.82) is 0 Å². The minimum Gasteiger partial charge on any atom is -0.395 e. The molecule has 6 heteroatoms. The van der Waals surface area contributed by atoms with Crippen LogP contribution in [-0.4, -0.2) is 49.3 Å². The zero-order chi connectivity index (χ0) is 13.8. The summed E-state index contributed by atoms with van der Waals surface area (Å²) in [6.07, 6.45) is 1.11. The highest BCUT2D eigenvalue weighted by Crippen LogP contribution is 2.29. The maximum atomic E-state index is 6.14. The van der Waals surface area contributed by atoms with Crippen LogP contribution in [0.2, 0.25) is 0 Å². The van der Waals surface area contributed by atoms with Gasteiger partial charge in [-0.1, -0.05) is 0 Å². The van der Waals surface area contributed by atoms with E-state index < -0.39 is 0 Å². The quantitative estimate of drug-likeness (QED) is 0.652. The van der Waals surface area contributed by atoms with Gasteiger partial charge in [0.15, 0.2) is 0 Å². The Balaban J connectivity index is 1.50. The van der Waals surface area contributed by atoms with Crippen molar-refractivity contribution in [2.24, 2.45) is 0 Å². The maximum Gasteiger partial charge on any atom is 0.106 e. The fraction of sp³-hybridized carbons (Fsp3) is 0.500. The van der Waals surface area contributed by atoms with E-state index in [1.165, 1.54) is 0 Å². The Morgan fingerprint density at radius 3 is 3.05 bits per heavy atom. The number of hydrogen-bond acceptors (Lipinski definition) is 6. The topological polar surface area (TPSA) is 63.4 Å². The third-order valence-electron chi connectivity index (χ3n) is 3.61. The SMILES string of the molecule is Nc1c(NCCCN2CCOCC2)ccc2scnc12. The van der Waals surface area contributed by atoms with Crippen LogP contribution >= 0.6 is 11.3 Å². The van der Waals surface area contributed by atoms with Crippen LogP contribution in [-0.2, 0) is 4.74 Å². The van der Waals surface area contributed by atoms with Crippen LogP contribution in [0.1, 0.15) is 6.42 Å². The van der Waals surface area contributed by atoms with Crippen molar-refractivity contribution in [2.75, 3.05) is 50.4 Å². The lowest BCUT2D eigenvalue weighted by Crippen LogP contribution is -2.37. The molecule has 0 aliphatic carbocycles. The van der Waals surface area contributed by atoms with Crippen molar-refractivity contribution in [2.45, 2.75) is 6.42 Å². The van der Waals surface area contributed by atoms with Crippen molar-refractivity contribution in [3.8, 4) is 0 Å². The van der Waals surface area contributed by atoms with Crippen LogP contribution in [0.4, 0.5) is 11.4 Å². The third-order valence-corrected chi connectivity index (χ3v) is 4.41. The van der Waals surface area contributed by atoms with E-state index in [1.807, 2.05) is 11.6 Å². The van der Waals surface area contributed by atoms with Gasteiger partial charge in [-0.05, 0) is 25.1 Å². The summed E-state index contributed by atoms with van der Waals surface area (Å²) in [6, 6.07) is 4.12. The van der Waals surface area contributed by atoms with E-state index in [9.17, 15) is 0 Å². The minimum absolute atomic E-state index is 0.759. The van der Waals surface area contributed by atoms with Crippen molar-refractivity contribution in [3.05, 3.63) is 17.6 Å². The summed E-state index contributed by atoms with van der Waals surface area (Å²) in [6.45, 7) is 5.86. The summed E-state index contributed by atoms with van der Waals surface area (Å²) in [5.74, 6) is 0. The van der Waals surface area contributed by atoms with E-state index in [0.29, 0.717) is 0 Å². The molecule has 0 saturated carbocycles. The monoisotopic (exact) mass is 292 g/mol. The molecule has 1 aromatic heterocycles. The lowest BCUT2D eigenvalue weighted by molar-refractivity contribution is 0.0378. The first-order valence-electron chi connectivity index (χ1n) is 7.00. The molecule has 0 spiro atoms. The second kappa shape index (κ2) is 6.39. The van der Waals surface area contributed by atoms with Gasteiger partial charge in [-0.2, -0.15) is 0 Å². The molecule has 3 N–H and O–H groups in total. The van der Waals surface area contributed by atoms with Crippen LogP contribution in [0.3, 0.4) is 0 Å². The number of thiazole rings is 1. The van der Waals surface area contributed by atoms with Crippen LogP contribution in [0, 0.1) is 0 Å². The van der Waals surface area contributed by atoms with Gasteiger partial charge in [0.2, 0.25) is 0 Å². The minimum atomic E-state index is 0.759. The molecular weight excluding hydrogens is 272 g/mol. The van der Waals surface area contributed by atoms with Crippen molar-refractivity contribution in [1.82, 2.24) is 9.88 Å². The molecular formula is C14H20N4OS. The summed E-state index contributed by atoms with van der Waals surface area (Å²) in [5.41, 5.74) is 10.6. The molecule has 1 aliphatic heterocycles. The second-order valence-electron chi connectivity index (χ2n) is 4.96. The molecule has 0 radical (unpaired) electrons. The summed E-state index contributed by atoms with van der Waals surface area (Å²) in [5, 5.41) is 3.42. The lowest BCUT2D eigenvalue weighted by Gasteiger charge is -2.26. The molecule has 0 unspecified atom stereocenters. The predicted octanol–water partition coefficient (Wildman–Crippen LogP) is 2.01. The predicted molar refractivity (Wildman–Crippen MR) is 84.4 cm³/mol. The molecule has 1 fully saturated rings. The molecule has 1 aliphatic rings. The smallest absolute Gasteiger partial charge is 0.106 e. The standard InChI is InChI=1S/C14H20N4OS/c15-13-11(2-3-12-14(13)17-10-20-12)16-4-1-5-18-6-8-19-9-7-18/h2-3,10,16H,1,4-9,15H2. The number of aromatic nitrogens is 1. The van der Waals surface area contributed by atoms with Crippen molar-refractivity contribution < 1.29 is 4.74 Å². The van der Waals surface area contributed by atoms with E-state index >= 15 is 0 Å². The highest BCUT2D eigenvalue weighted by Gasteiger charge is 2.10. The van der Waals surface area contributed by atoms with Crippen LogP contribution in [0.25, 0.3) is 10.2 Å². The van der Waals surface area contributed by atoms with E-state index in [4.69, 9.17) is 10.5 Å². The molecule has 3 rings (SSSR count). The molecule has 0 bridgehead atoms. The third kappa shape index (κ3) is 3.03. The van der Waals surface area contributed by atoms with Crippen molar-refractivity contribution in [3.63, 3.8) is 0 Å². The van der Waals surface area contributed by atoms with Gasteiger partial charge < -0.3 is 15.8 Å². The van der Waals surface area contributed by atoms with Crippen molar-refractivity contribution >= 4 is 32.9 Å². The van der Waals surface area contributed by atoms with Gasteiger partial charge in [-0.3, -0.25) is 4.90 Å². The first-order valence-corrected chi connectivity index (χ1v) is 7.88. The number of rotatable bonds is 5. The maximum absolute atomic E-state index is 6.14. The van der Waals surface area contributed by atoms with Crippen LogP contribution < -0.4 is 11.1 Å². The van der Waals surface area contributed by atoms with Gasteiger partial charge in [0.25, 0.3) is 0 Å². The molecule has 2 aromatic rings. The number of hydrogen-bond donors (Lipinski definition) is 2. The van der Waals surface area contributed by atoms with Gasteiger partial charge in [0, 0.05) is 19.6 Å². The summed E-state index contributed by atoms with van der Waals surface area (Å²) < 4.78 is 6.48. The number of fused-ring (bicyclic) bond motifs is 1. The van der Waals surface area contributed by atoms with Gasteiger partial charge in [0.1, 0.15) is 5.52 Å². The molecule has 0 amide bonds. The molecule has 1 aromatic carbocycles. The Morgan fingerprint density at radius 2 is 2.20 bits per heavy atom. The fourth-order valence-corrected chi connectivity index (χ4v) is 3.15. The van der Waals surface area contributed by atoms with Crippen LogP contribution in [0.15, 0.2) is 17.6 Å². The Kier molecular flexibility index (Phi) is 4.34. The number of anilines is 2. The highest BCUT2D eigenvalue weighted by atomic mass is 32.1. The number of nitrogen functional groups attached to an aromatic ring is 1. The zero-order valence-corrected chi connectivity index (χ0v) is 12.3. The summed E-state index contributed by atoms with van der Waals surface area (Å²) >= 11 is 1.62. The zero-order valence-electron chi connectivity index (χ0n) is 11.5. The Bertz CT molecular complexity index is 565. The number of ether oxygens (including phenoxy) is 1. The second-order valence-corrected chi connectivity index (χ2v) is 5.85. The number of nitrogens with zero attached hydrogens (tertiary/aromatic N) is 2. The summed E-state index contributed by atoms with van der Waals surface area (Å²) in [4.78, 5) is 6.75. The average molecular weight is 292 g/mol. The highest BCUT2D eigenvalue weighted by molar-refractivity contribution is 7.16. The molecule has 2 heterocycles. The van der Waals surface area contributed by atoms with E-state index in [-0.39, 0.29) is 0 Å². The molecule has 108 valence electrons. The number of benzene rings is 1. The normalized spacial score (nSPS) is 16.6. The molecule has 0 atom stereocenters. The van der Waals surface area contributed by atoms with E-state index in [0.717, 1.165) is 67.4 Å². The molecule has 5 nitrogen and oxygen atoms in total. The van der Waals surface area contributed by atoms with Crippen LogP contribution in [0.5, 0.6) is 0 Å². The largest absolute Gasteiger partial charge is 0.395 e. The number of nitrogens with two attached hydrogens (primary N) is 1. The van der Waals surface area contributed by atoms with Gasteiger partial charge in [0.05, 0.1) is 34.8 Å². The van der Waals surface area contributed by atoms with Gasteiger partial charge in [-0.15, -0.1) is 11.3 Å².